The second-order valence-corrected chi connectivity index (χ2v) is 8.75. The predicted molar refractivity (Wildman–Crippen MR) is 113 cm³/mol. The van der Waals surface area contributed by atoms with E-state index in [2.05, 4.69) is 15.0 Å². The van der Waals surface area contributed by atoms with Gasteiger partial charge in [-0.2, -0.15) is 0 Å². The fraction of sp³-hybridized carbons (Fsp3) is 0.238. The summed E-state index contributed by atoms with van der Waals surface area (Å²) in [6.45, 7) is 2.38. The molecule has 0 saturated heterocycles. The molecule has 1 aromatic heterocycles. The second-order valence-electron chi connectivity index (χ2n) is 7.07. The summed E-state index contributed by atoms with van der Waals surface area (Å²) in [5.41, 5.74) is 0.500. The van der Waals surface area contributed by atoms with Gasteiger partial charge in [-0.05, 0) is 62.2 Å². The van der Waals surface area contributed by atoms with E-state index in [1.165, 1.54) is 24.3 Å². The Labute approximate surface area is 173 Å². The number of nitrogens with one attached hydrogen (secondary N) is 3. The van der Waals surface area contributed by atoms with Crippen LogP contribution < -0.4 is 20.3 Å². The van der Waals surface area contributed by atoms with Crippen molar-refractivity contribution in [3.63, 3.8) is 0 Å². The lowest BCUT2D eigenvalue weighted by molar-refractivity contribution is 0.0952. The van der Waals surface area contributed by atoms with Crippen LogP contribution in [0.1, 0.15) is 30.1 Å². The molecule has 30 heavy (non-hydrogen) atoms. The number of H-pyrrole nitrogens is 1. The van der Waals surface area contributed by atoms with E-state index in [-0.39, 0.29) is 22.4 Å². The van der Waals surface area contributed by atoms with Crippen LogP contribution >= 0.6 is 0 Å². The molecule has 2 aromatic carbocycles. The minimum Gasteiger partial charge on any atom is -0.494 e. The van der Waals surface area contributed by atoms with Crippen molar-refractivity contribution < 1.29 is 17.9 Å². The molecular weight excluding hydrogens is 406 g/mol. The third-order valence-electron chi connectivity index (χ3n) is 4.70. The number of anilines is 1. The zero-order valence-corrected chi connectivity index (χ0v) is 17.1. The topological polar surface area (TPSA) is 117 Å². The number of carbonyl (C=O) groups is 1. The molecular formula is C21H21N3O5S. The van der Waals surface area contributed by atoms with Gasteiger partial charge in [-0.25, -0.2) is 8.42 Å². The number of amides is 1. The van der Waals surface area contributed by atoms with Crippen molar-refractivity contribution in [3.8, 4) is 5.75 Å². The first-order chi connectivity index (χ1) is 14.4. The van der Waals surface area contributed by atoms with Crippen molar-refractivity contribution >= 4 is 32.5 Å². The van der Waals surface area contributed by atoms with Gasteiger partial charge in [0, 0.05) is 28.7 Å². The molecule has 3 aromatic rings. The van der Waals surface area contributed by atoms with Gasteiger partial charge in [0.15, 0.2) is 0 Å². The molecule has 0 bridgehead atoms. The van der Waals surface area contributed by atoms with E-state index < -0.39 is 15.6 Å². The van der Waals surface area contributed by atoms with E-state index in [9.17, 15) is 18.0 Å². The van der Waals surface area contributed by atoms with E-state index in [0.717, 1.165) is 12.8 Å². The van der Waals surface area contributed by atoms with Crippen molar-refractivity contribution in [3.05, 3.63) is 64.4 Å². The maximum atomic E-state index is 12.9. The van der Waals surface area contributed by atoms with Crippen LogP contribution in [0.3, 0.4) is 0 Å². The average molecular weight is 427 g/mol. The van der Waals surface area contributed by atoms with Gasteiger partial charge in [0.25, 0.3) is 15.9 Å². The van der Waals surface area contributed by atoms with Gasteiger partial charge in [-0.1, -0.05) is 0 Å². The van der Waals surface area contributed by atoms with E-state index in [1.54, 1.807) is 24.3 Å². The lowest BCUT2D eigenvalue weighted by atomic mass is 10.1. The molecule has 1 aliphatic rings. The Bertz CT molecular complexity index is 1260. The quantitative estimate of drug-likeness (QED) is 0.536. The van der Waals surface area contributed by atoms with Crippen LogP contribution in [0.2, 0.25) is 0 Å². The molecule has 4 rings (SSSR count). The average Bonchev–Trinajstić information content (AvgIpc) is 3.52. The third kappa shape index (κ3) is 4.30. The van der Waals surface area contributed by atoms with E-state index in [0.29, 0.717) is 28.9 Å². The molecule has 9 heteroatoms. The number of aromatic nitrogens is 1. The van der Waals surface area contributed by atoms with Crippen molar-refractivity contribution in [2.75, 3.05) is 11.3 Å². The van der Waals surface area contributed by atoms with Gasteiger partial charge in [0.05, 0.1) is 17.1 Å². The predicted octanol–water partition coefficient (Wildman–Crippen LogP) is 2.62. The summed E-state index contributed by atoms with van der Waals surface area (Å²) in [5.74, 6) is 0.254. The molecule has 1 saturated carbocycles. The highest BCUT2D eigenvalue weighted by atomic mass is 32.2. The number of hydrogen-bond acceptors (Lipinski definition) is 5. The largest absolute Gasteiger partial charge is 0.494 e. The molecule has 0 radical (unpaired) electrons. The molecule has 0 aliphatic heterocycles. The zero-order valence-electron chi connectivity index (χ0n) is 16.3. The lowest BCUT2D eigenvalue weighted by Gasteiger charge is -2.11. The molecule has 156 valence electrons. The summed E-state index contributed by atoms with van der Waals surface area (Å²) in [7, 11) is -3.91. The van der Waals surface area contributed by atoms with Crippen LogP contribution in [-0.2, 0) is 10.0 Å². The van der Waals surface area contributed by atoms with Gasteiger partial charge < -0.3 is 15.0 Å². The Morgan fingerprint density at radius 2 is 1.87 bits per heavy atom. The third-order valence-corrected chi connectivity index (χ3v) is 6.08. The lowest BCUT2D eigenvalue weighted by Crippen LogP contribution is -2.27. The normalized spacial score (nSPS) is 13.8. The molecule has 0 atom stereocenters. The fourth-order valence-corrected chi connectivity index (χ4v) is 4.16. The van der Waals surface area contributed by atoms with Crippen molar-refractivity contribution in [1.29, 1.82) is 0 Å². The Kier molecular flexibility index (Phi) is 5.21. The number of sulfonamides is 1. The molecule has 1 fully saturated rings. The molecule has 8 nitrogen and oxygen atoms in total. The number of aromatic amines is 1. The maximum Gasteiger partial charge on any atom is 0.261 e. The van der Waals surface area contributed by atoms with Gasteiger partial charge in [-0.3, -0.25) is 14.3 Å². The smallest absolute Gasteiger partial charge is 0.261 e. The molecule has 1 heterocycles. The van der Waals surface area contributed by atoms with Crippen molar-refractivity contribution in [2.24, 2.45) is 0 Å². The standard InChI is InChI=1S/C21H21N3O5S/c1-2-29-15-7-5-14(6-8-15)24-30(27,28)16-9-10-19-17(11-16)18(12-20(25)23-19)21(26)22-13-3-4-13/h5-13,24H,2-4H2,1H3,(H,22,26)(H,23,25). The van der Waals surface area contributed by atoms with Crippen LogP contribution in [0, 0.1) is 0 Å². The van der Waals surface area contributed by atoms with Crippen LogP contribution in [0.4, 0.5) is 5.69 Å². The Morgan fingerprint density at radius 1 is 1.13 bits per heavy atom. The van der Waals surface area contributed by atoms with Gasteiger partial charge >= 0.3 is 0 Å². The summed E-state index contributed by atoms with van der Waals surface area (Å²) in [6, 6.07) is 12.1. The summed E-state index contributed by atoms with van der Waals surface area (Å²) in [6.07, 6.45) is 1.80. The number of hydrogen-bond donors (Lipinski definition) is 3. The van der Waals surface area contributed by atoms with Crippen LogP contribution in [-0.4, -0.2) is 32.0 Å². The van der Waals surface area contributed by atoms with Crippen LogP contribution in [0.25, 0.3) is 10.9 Å². The summed E-state index contributed by atoms with van der Waals surface area (Å²) in [4.78, 5) is 27.1. The minimum atomic E-state index is -3.91. The van der Waals surface area contributed by atoms with Gasteiger partial charge in [0.2, 0.25) is 5.56 Å². The number of rotatable bonds is 7. The van der Waals surface area contributed by atoms with E-state index >= 15 is 0 Å². The molecule has 0 spiro atoms. The number of ether oxygens (including phenoxy) is 1. The highest BCUT2D eigenvalue weighted by Crippen LogP contribution is 2.25. The second kappa shape index (κ2) is 7.83. The number of fused-ring (bicyclic) bond motifs is 1. The first kappa shape index (κ1) is 20.0. The zero-order chi connectivity index (χ0) is 21.3. The van der Waals surface area contributed by atoms with Crippen LogP contribution in [0.15, 0.2) is 58.2 Å². The van der Waals surface area contributed by atoms with Crippen LogP contribution in [0.5, 0.6) is 5.75 Å². The number of pyridine rings is 1. The highest BCUT2D eigenvalue weighted by molar-refractivity contribution is 7.92. The monoisotopic (exact) mass is 427 g/mol. The fourth-order valence-electron chi connectivity index (χ4n) is 3.08. The highest BCUT2D eigenvalue weighted by Gasteiger charge is 2.25. The first-order valence-electron chi connectivity index (χ1n) is 9.59. The molecule has 0 unspecified atom stereocenters. The van der Waals surface area contributed by atoms with Crippen molar-refractivity contribution in [1.82, 2.24) is 10.3 Å². The first-order valence-corrected chi connectivity index (χ1v) is 11.1. The number of carbonyl (C=O) groups excluding carboxylic acids is 1. The SMILES string of the molecule is CCOc1ccc(NS(=O)(=O)c2ccc3[nH]c(=O)cc(C(=O)NC4CC4)c3c2)cc1. The van der Waals surface area contributed by atoms with Gasteiger partial charge in [-0.15, -0.1) is 0 Å². The molecule has 1 amide bonds. The molecule has 1 aliphatic carbocycles. The Morgan fingerprint density at radius 3 is 2.53 bits per heavy atom. The summed E-state index contributed by atoms with van der Waals surface area (Å²) >= 11 is 0. The van der Waals surface area contributed by atoms with E-state index in [1.807, 2.05) is 6.92 Å². The van der Waals surface area contributed by atoms with E-state index in [4.69, 9.17) is 4.74 Å². The molecule has 3 N–H and O–H groups in total. The summed E-state index contributed by atoms with van der Waals surface area (Å²) < 4.78 is 33.6. The Balaban J connectivity index is 1.68. The maximum absolute atomic E-state index is 12.9. The van der Waals surface area contributed by atoms with Gasteiger partial charge in [0.1, 0.15) is 5.75 Å². The number of benzene rings is 2. The Hall–Kier alpha value is -3.33. The summed E-state index contributed by atoms with van der Waals surface area (Å²) in [5, 5.41) is 3.20. The van der Waals surface area contributed by atoms with Crippen molar-refractivity contribution in [2.45, 2.75) is 30.7 Å². The minimum absolute atomic E-state index is 0.0172.